The predicted molar refractivity (Wildman–Crippen MR) is 90.5 cm³/mol. The van der Waals surface area contributed by atoms with Crippen LogP contribution >= 0.6 is 0 Å². The molecule has 3 heteroatoms. The monoisotopic (exact) mass is 298 g/mol. The summed E-state index contributed by atoms with van der Waals surface area (Å²) in [6.07, 6.45) is 11.3. The number of hydrogen-bond acceptors (Lipinski definition) is 2. The Labute approximate surface area is 130 Å². The summed E-state index contributed by atoms with van der Waals surface area (Å²) < 4.78 is 0. The highest BCUT2D eigenvalue weighted by Crippen LogP contribution is 2.13. The standard InChI is InChI=1S/C10H18O.C8H16O2/c1-5-10(4,11)8-6-7-9(2)3;1-2-3-4-5-6-7-8(9)10/h5,7,11H,1,6,8H2,2-4H3;2-7H2,1H3,(H,9,10). The van der Waals surface area contributed by atoms with Crippen LogP contribution in [0.4, 0.5) is 0 Å². The third-order valence-corrected chi connectivity index (χ3v) is 3.14. The molecule has 0 aliphatic carbocycles. The number of allylic oxidation sites excluding steroid dienone is 2. The Morgan fingerprint density at radius 2 is 1.76 bits per heavy atom. The second kappa shape index (κ2) is 13.9. The van der Waals surface area contributed by atoms with E-state index >= 15 is 0 Å². The number of unbranched alkanes of at least 4 members (excludes halogenated alkanes) is 4. The Kier molecular flexibility index (Phi) is 14.7. The zero-order chi connectivity index (χ0) is 16.7. The maximum atomic E-state index is 10.0. The van der Waals surface area contributed by atoms with Gasteiger partial charge in [0, 0.05) is 6.42 Å². The van der Waals surface area contributed by atoms with Gasteiger partial charge in [0.05, 0.1) is 5.60 Å². The van der Waals surface area contributed by atoms with Crippen molar-refractivity contribution in [2.75, 3.05) is 0 Å². The molecule has 1 unspecified atom stereocenters. The van der Waals surface area contributed by atoms with E-state index in [-0.39, 0.29) is 0 Å². The lowest BCUT2D eigenvalue weighted by Gasteiger charge is -2.16. The van der Waals surface area contributed by atoms with E-state index in [1.54, 1.807) is 13.0 Å². The minimum Gasteiger partial charge on any atom is -0.481 e. The normalized spacial score (nSPS) is 12.6. The fraction of sp³-hybridized carbons (Fsp3) is 0.722. The maximum absolute atomic E-state index is 10.0. The van der Waals surface area contributed by atoms with Crippen molar-refractivity contribution in [1.82, 2.24) is 0 Å². The molecule has 21 heavy (non-hydrogen) atoms. The number of aliphatic hydroxyl groups is 1. The first-order valence-electron chi connectivity index (χ1n) is 7.96. The van der Waals surface area contributed by atoms with E-state index in [1.165, 1.54) is 24.8 Å². The Bertz CT molecular complexity index is 300. The van der Waals surface area contributed by atoms with E-state index in [0.717, 1.165) is 25.7 Å². The summed E-state index contributed by atoms with van der Waals surface area (Å²) in [5.74, 6) is -0.670. The average molecular weight is 298 g/mol. The molecule has 0 aliphatic heterocycles. The fourth-order valence-electron chi connectivity index (χ4n) is 1.63. The van der Waals surface area contributed by atoms with E-state index in [9.17, 15) is 9.90 Å². The van der Waals surface area contributed by atoms with E-state index < -0.39 is 11.6 Å². The largest absolute Gasteiger partial charge is 0.481 e. The topological polar surface area (TPSA) is 57.5 Å². The Morgan fingerprint density at radius 1 is 1.19 bits per heavy atom. The van der Waals surface area contributed by atoms with Gasteiger partial charge < -0.3 is 10.2 Å². The van der Waals surface area contributed by atoms with Crippen LogP contribution in [0.2, 0.25) is 0 Å². The average Bonchev–Trinajstić information content (AvgIpc) is 2.38. The number of aliphatic carboxylic acids is 1. The Hall–Kier alpha value is -1.09. The van der Waals surface area contributed by atoms with Crippen LogP contribution in [-0.2, 0) is 4.79 Å². The zero-order valence-corrected chi connectivity index (χ0v) is 14.3. The third-order valence-electron chi connectivity index (χ3n) is 3.14. The Morgan fingerprint density at radius 3 is 2.19 bits per heavy atom. The van der Waals surface area contributed by atoms with Crippen LogP contribution in [0.25, 0.3) is 0 Å². The van der Waals surface area contributed by atoms with Gasteiger partial charge in [-0.25, -0.2) is 0 Å². The molecular formula is C18H34O3. The van der Waals surface area contributed by atoms with Gasteiger partial charge in [-0.3, -0.25) is 4.79 Å². The van der Waals surface area contributed by atoms with Gasteiger partial charge in [0.15, 0.2) is 0 Å². The highest BCUT2D eigenvalue weighted by molar-refractivity contribution is 5.66. The van der Waals surface area contributed by atoms with Crippen molar-refractivity contribution in [3.63, 3.8) is 0 Å². The van der Waals surface area contributed by atoms with Crippen molar-refractivity contribution in [2.45, 2.75) is 84.7 Å². The van der Waals surface area contributed by atoms with Crippen LogP contribution in [-0.4, -0.2) is 21.8 Å². The number of carbonyl (C=O) groups is 1. The smallest absolute Gasteiger partial charge is 0.303 e. The van der Waals surface area contributed by atoms with Gasteiger partial charge in [0.25, 0.3) is 0 Å². The van der Waals surface area contributed by atoms with Crippen molar-refractivity contribution in [1.29, 1.82) is 0 Å². The lowest BCUT2D eigenvalue weighted by molar-refractivity contribution is -0.137. The molecule has 0 heterocycles. The van der Waals surface area contributed by atoms with Crippen molar-refractivity contribution in [2.24, 2.45) is 0 Å². The van der Waals surface area contributed by atoms with Gasteiger partial charge in [-0.2, -0.15) is 0 Å². The number of rotatable bonds is 10. The van der Waals surface area contributed by atoms with Crippen LogP contribution in [0.1, 0.15) is 79.1 Å². The molecule has 0 saturated heterocycles. The highest BCUT2D eigenvalue weighted by Gasteiger charge is 2.12. The zero-order valence-electron chi connectivity index (χ0n) is 14.3. The Balaban J connectivity index is 0. The van der Waals surface area contributed by atoms with Gasteiger partial charge in [0.2, 0.25) is 0 Å². The van der Waals surface area contributed by atoms with E-state index in [2.05, 4.69) is 33.4 Å². The highest BCUT2D eigenvalue weighted by atomic mass is 16.4. The van der Waals surface area contributed by atoms with Crippen molar-refractivity contribution >= 4 is 5.97 Å². The quantitative estimate of drug-likeness (QED) is 0.435. The van der Waals surface area contributed by atoms with E-state index in [0.29, 0.717) is 6.42 Å². The van der Waals surface area contributed by atoms with Gasteiger partial charge >= 0.3 is 5.97 Å². The van der Waals surface area contributed by atoms with Gasteiger partial charge in [-0.05, 0) is 40.0 Å². The van der Waals surface area contributed by atoms with Crippen molar-refractivity contribution in [3.8, 4) is 0 Å². The summed E-state index contributed by atoms with van der Waals surface area (Å²) in [5, 5.41) is 17.8. The first kappa shape index (κ1) is 22.2. The molecule has 0 aromatic carbocycles. The molecule has 2 N–H and O–H groups in total. The van der Waals surface area contributed by atoms with Crippen LogP contribution in [0.15, 0.2) is 24.3 Å². The SMILES string of the molecule is C=CC(C)(O)CCC=C(C)C.CCCCCCCC(=O)O. The number of carboxylic acids is 1. The van der Waals surface area contributed by atoms with Crippen LogP contribution in [0, 0.1) is 0 Å². The summed E-state index contributed by atoms with van der Waals surface area (Å²) in [7, 11) is 0. The molecule has 0 bridgehead atoms. The molecule has 0 aromatic rings. The lowest BCUT2D eigenvalue weighted by atomic mass is 10.00. The van der Waals surface area contributed by atoms with Crippen molar-refractivity contribution < 1.29 is 15.0 Å². The molecule has 0 saturated carbocycles. The van der Waals surface area contributed by atoms with Gasteiger partial charge in [-0.1, -0.05) is 50.3 Å². The summed E-state index contributed by atoms with van der Waals surface area (Å²) in [6.45, 7) is 11.6. The molecule has 3 nitrogen and oxygen atoms in total. The number of carboxylic acid groups (broad SMARTS) is 1. The molecule has 124 valence electrons. The summed E-state index contributed by atoms with van der Waals surface area (Å²) in [6, 6.07) is 0. The minimum atomic E-state index is -0.702. The second-order valence-electron chi connectivity index (χ2n) is 5.94. The van der Waals surface area contributed by atoms with Crippen LogP contribution < -0.4 is 0 Å². The molecule has 1 atom stereocenters. The maximum Gasteiger partial charge on any atom is 0.303 e. The van der Waals surface area contributed by atoms with Crippen LogP contribution in [0.3, 0.4) is 0 Å². The molecule has 0 aromatic heterocycles. The molecule has 0 aliphatic rings. The molecule has 0 fully saturated rings. The fourth-order valence-corrected chi connectivity index (χ4v) is 1.63. The van der Waals surface area contributed by atoms with Gasteiger partial charge in [0.1, 0.15) is 0 Å². The molecular weight excluding hydrogens is 264 g/mol. The molecule has 0 amide bonds. The van der Waals surface area contributed by atoms with Crippen LogP contribution in [0.5, 0.6) is 0 Å². The van der Waals surface area contributed by atoms with Gasteiger partial charge in [-0.15, -0.1) is 6.58 Å². The summed E-state index contributed by atoms with van der Waals surface area (Å²) in [4.78, 5) is 10.0. The lowest BCUT2D eigenvalue weighted by Crippen LogP contribution is -2.19. The third kappa shape index (κ3) is 21.4. The first-order valence-corrected chi connectivity index (χ1v) is 7.96. The molecule has 0 radical (unpaired) electrons. The second-order valence-corrected chi connectivity index (χ2v) is 5.94. The minimum absolute atomic E-state index is 0.337. The van der Waals surface area contributed by atoms with Crippen molar-refractivity contribution in [3.05, 3.63) is 24.3 Å². The summed E-state index contributed by atoms with van der Waals surface area (Å²) >= 11 is 0. The molecule has 0 rings (SSSR count). The predicted octanol–water partition coefficient (Wildman–Crippen LogP) is 5.10. The summed E-state index contributed by atoms with van der Waals surface area (Å²) in [5.41, 5.74) is 0.594. The number of hydrogen-bond donors (Lipinski definition) is 2. The first-order chi connectivity index (χ1) is 9.75. The van der Waals surface area contributed by atoms with E-state index in [4.69, 9.17) is 5.11 Å². The van der Waals surface area contributed by atoms with E-state index in [1.807, 2.05) is 0 Å². The molecule has 0 spiro atoms.